The smallest absolute Gasteiger partial charge is 0.188 e. The molecule has 1 atom stereocenters. The van der Waals surface area contributed by atoms with Crippen molar-refractivity contribution in [3.8, 4) is 11.3 Å². The van der Waals surface area contributed by atoms with Gasteiger partial charge in [-0.15, -0.1) is 23.1 Å². The average molecular weight is 377 g/mol. The summed E-state index contributed by atoms with van der Waals surface area (Å²) < 4.78 is 1.33. The van der Waals surface area contributed by atoms with Gasteiger partial charge in [0.15, 0.2) is 10.9 Å². The molecule has 6 heteroatoms. The summed E-state index contributed by atoms with van der Waals surface area (Å²) in [6.07, 6.45) is 8.06. The van der Waals surface area contributed by atoms with Crippen molar-refractivity contribution in [2.75, 3.05) is 6.26 Å². The van der Waals surface area contributed by atoms with E-state index in [0.29, 0.717) is 5.78 Å². The summed E-state index contributed by atoms with van der Waals surface area (Å²) >= 11 is 5.15. The summed E-state index contributed by atoms with van der Waals surface area (Å²) in [4.78, 5) is 21.9. The van der Waals surface area contributed by atoms with Crippen molar-refractivity contribution in [3.05, 3.63) is 22.7 Å². The Morgan fingerprint density at radius 1 is 1.29 bits per heavy atom. The second-order valence-corrected chi connectivity index (χ2v) is 10.2. The minimum Gasteiger partial charge on any atom is -0.298 e. The third-order valence-electron chi connectivity index (χ3n) is 5.00. The highest BCUT2D eigenvalue weighted by molar-refractivity contribution is 8.00. The predicted octanol–water partition coefficient (Wildman–Crippen LogP) is 4.88. The molecule has 4 rings (SSSR count). The van der Waals surface area contributed by atoms with Gasteiger partial charge < -0.3 is 0 Å². The quantitative estimate of drug-likeness (QED) is 0.564. The normalized spacial score (nSPS) is 21.6. The van der Waals surface area contributed by atoms with Gasteiger partial charge in [-0.05, 0) is 48.4 Å². The van der Waals surface area contributed by atoms with Crippen LogP contribution in [0.25, 0.3) is 11.3 Å². The number of thiophene rings is 1. The van der Waals surface area contributed by atoms with E-state index in [2.05, 4.69) is 16.6 Å². The van der Waals surface area contributed by atoms with Gasteiger partial charge in [0.25, 0.3) is 0 Å². The summed E-state index contributed by atoms with van der Waals surface area (Å²) in [5, 5.41) is 3.02. The van der Waals surface area contributed by atoms with Crippen molar-refractivity contribution in [1.82, 2.24) is 9.97 Å². The number of thioether (sulfide) groups is 2. The van der Waals surface area contributed by atoms with Crippen molar-refractivity contribution in [2.24, 2.45) is 5.41 Å². The van der Waals surface area contributed by atoms with Gasteiger partial charge in [0.05, 0.1) is 15.2 Å². The van der Waals surface area contributed by atoms with E-state index >= 15 is 0 Å². The zero-order chi connectivity index (χ0) is 16.9. The van der Waals surface area contributed by atoms with Crippen LogP contribution in [0.1, 0.15) is 37.8 Å². The molecule has 2 aliphatic carbocycles. The zero-order valence-electron chi connectivity index (χ0n) is 14.1. The minimum atomic E-state index is -0.196. The number of aryl methyl sites for hydroxylation is 2. The van der Waals surface area contributed by atoms with Gasteiger partial charge in [0.2, 0.25) is 0 Å². The summed E-state index contributed by atoms with van der Waals surface area (Å²) in [6.45, 7) is 4.10. The van der Waals surface area contributed by atoms with Gasteiger partial charge in [-0.1, -0.05) is 25.6 Å². The summed E-state index contributed by atoms with van der Waals surface area (Å²) in [6, 6.07) is 0. The zero-order valence-corrected chi connectivity index (χ0v) is 16.5. The maximum atomic E-state index is 12.5. The number of rotatable bonds is 3. The Labute approximate surface area is 155 Å². The number of hydrogen-bond acceptors (Lipinski definition) is 6. The Hall–Kier alpha value is -0.850. The monoisotopic (exact) mass is 376 g/mol. The van der Waals surface area contributed by atoms with Crippen LogP contribution < -0.4 is 0 Å². The Kier molecular flexibility index (Phi) is 4.25. The van der Waals surface area contributed by atoms with Crippen LogP contribution in [0.2, 0.25) is 0 Å². The largest absolute Gasteiger partial charge is 0.298 e. The van der Waals surface area contributed by atoms with Crippen molar-refractivity contribution in [2.45, 2.75) is 54.1 Å². The topological polar surface area (TPSA) is 42.9 Å². The maximum Gasteiger partial charge on any atom is 0.188 e. The summed E-state index contributed by atoms with van der Waals surface area (Å²) in [5.41, 5.74) is 4.83. The molecule has 1 fully saturated rings. The lowest BCUT2D eigenvalue weighted by atomic mass is 9.91. The molecule has 3 nitrogen and oxygen atoms in total. The number of carbonyl (C=O) groups excluding carboxylic acids is 1. The van der Waals surface area contributed by atoms with Gasteiger partial charge in [-0.3, -0.25) is 4.79 Å². The molecule has 0 spiro atoms. The Bertz CT molecular complexity index is 799. The van der Waals surface area contributed by atoms with Crippen molar-refractivity contribution < 1.29 is 4.79 Å². The molecule has 2 aromatic heterocycles. The Balaban J connectivity index is 1.67. The first kappa shape index (κ1) is 16.6. The number of aromatic nitrogens is 2. The first-order valence-corrected chi connectivity index (χ1v) is 11.2. The molecule has 2 aromatic rings. The first-order chi connectivity index (χ1) is 11.5. The van der Waals surface area contributed by atoms with E-state index in [1.54, 1.807) is 23.5 Å². The SMILES string of the molecule is CSc1scc2c1-c1nc(SC3CCC(C)(C)C3=O)ncc1CC2. The van der Waals surface area contributed by atoms with Gasteiger partial charge in [0, 0.05) is 17.2 Å². The fourth-order valence-electron chi connectivity index (χ4n) is 3.49. The lowest BCUT2D eigenvalue weighted by Crippen LogP contribution is -2.23. The molecule has 0 N–H and O–H groups in total. The molecule has 0 bridgehead atoms. The van der Waals surface area contributed by atoms with Gasteiger partial charge >= 0.3 is 0 Å². The van der Waals surface area contributed by atoms with Crippen LogP contribution in [0.3, 0.4) is 0 Å². The molecule has 126 valence electrons. The third kappa shape index (κ3) is 2.72. The van der Waals surface area contributed by atoms with Crippen LogP contribution in [0.5, 0.6) is 0 Å². The van der Waals surface area contributed by atoms with Crippen LogP contribution in [0.15, 0.2) is 20.9 Å². The van der Waals surface area contributed by atoms with E-state index in [-0.39, 0.29) is 10.7 Å². The highest BCUT2D eigenvalue weighted by Crippen LogP contribution is 2.44. The number of fused-ring (bicyclic) bond motifs is 3. The van der Waals surface area contributed by atoms with Crippen molar-refractivity contribution in [1.29, 1.82) is 0 Å². The van der Waals surface area contributed by atoms with E-state index in [0.717, 1.165) is 36.5 Å². The van der Waals surface area contributed by atoms with Crippen molar-refractivity contribution >= 4 is 40.6 Å². The maximum absolute atomic E-state index is 12.5. The van der Waals surface area contributed by atoms with E-state index in [1.807, 2.05) is 31.4 Å². The van der Waals surface area contributed by atoms with Crippen molar-refractivity contribution in [3.63, 3.8) is 0 Å². The molecule has 0 radical (unpaired) electrons. The highest BCUT2D eigenvalue weighted by Gasteiger charge is 2.41. The summed E-state index contributed by atoms with van der Waals surface area (Å²) in [7, 11) is 0. The molecule has 0 aromatic carbocycles. The van der Waals surface area contributed by atoms with Gasteiger partial charge in [0.1, 0.15) is 0 Å². The highest BCUT2D eigenvalue weighted by atomic mass is 32.2. The molecule has 0 saturated heterocycles. The molecule has 0 aliphatic heterocycles. The summed E-state index contributed by atoms with van der Waals surface area (Å²) in [5.74, 6) is 0.342. The molecule has 0 amide bonds. The molecule has 1 unspecified atom stereocenters. The first-order valence-electron chi connectivity index (χ1n) is 8.21. The number of ketones is 1. The second-order valence-electron chi connectivity index (χ2n) is 7.05. The number of carbonyl (C=O) groups is 1. The molecule has 24 heavy (non-hydrogen) atoms. The standard InChI is InChI=1S/C18H20N2OS3/c1-18(2)7-6-12(15(18)21)24-17-19-8-10-4-5-11-9-23-16(22-3)13(11)14(10)20-17/h8-9,12H,4-7H2,1-3H3. The second kappa shape index (κ2) is 6.15. The molecule has 1 saturated carbocycles. The number of nitrogens with zero attached hydrogens (tertiary/aromatic N) is 2. The van der Waals surface area contributed by atoms with Crippen LogP contribution in [-0.4, -0.2) is 27.3 Å². The van der Waals surface area contributed by atoms with Crippen LogP contribution >= 0.6 is 34.9 Å². The number of hydrogen-bond donors (Lipinski definition) is 0. The van der Waals surface area contributed by atoms with E-state index in [1.165, 1.54) is 20.9 Å². The fraction of sp³-hybridized carbons (Fsp3) is 0.500. The Morgan fingerprint density at radius 3 is 2.79 bits per heavy atom. The lowest BCUT2D eigenvalue weighted by Gasteiger charge is -2.18. The van der Waals surface area contributed by atoms with E-state index in [9.17, 15) is 4.79 Å². The third-order valence-corrected chi connectivity index (χ3v) is 8.33. The molecular weight excluding hydrogens is 356 g/mol. The van der Waals surface area contributed by atoms with E-state index < -0.39 is 0 Å². The van der Waals surface area contributed by atoms with Gasteiger partial charge in [-0.2, -0.15) is 0 Å². The van der Waals surface area contributed by atoms with Gasteiger partial charge in [-0.25, -0.2) is 9.97 Å². The fourth-order valence-corrected chi connectivity index (χ4v) is 6.46. The van der Waals surface area contributed by atoms with Crippen LogP contribution in [0, 0.1) is 5.41 Å². The molecule has 2 heterocycles. The average Bonchev–Trinajstić information content (AvgIpc) is 3.11. The van der Waals surface area contributed by atoms with E-state index in [4.69, 9.17) is 4.98 Å². The minimum absolute atomic E-state index is 0.00334. The number of Topliss-reactive ketones (excluding diaryl/α,β-unsaturated/α-hetero) is 1. The molecular formula is C18H20N2OS3. The molecule has 2 aliphatic rings. The van der Waals surface area contributed by atoms with Crippen LogP contribution in [0.4, 0.5) is 0 Å². The lowest BCUT2D eigenvalue weighted by molar-refractivity contribution is -0.123. The predicted molar refractivity (Wildman–Crippen MR) is 102 cm³/mol. The Morgan fingerprint density at radius 2 is 2.08 bits per heavy atom. The van der Waals surface area contributed by atoms with Crippen LogP contribution in [-0.2, 0) is 17.6 Å².